The molecule has 2 atom stereocenters. The van der Waals surface area contributed by atoms with Gasteiger partial charge in [0.05, 0.1) is 5.69 Å². The molecular weight excluding hydrogens is 452 g/mol. The van der Waals surface area contributed by atoms with Crippen LogP contribution in [-0.2, 0) is 6.54 Å². The number of hydrogen-bond donors (Lipinski definition) is 2. The van der Waals surface area contributed by atoms with Gasteiger partial charge in [-0.3, -0.25) is 14.5 Å². The van der Waals surface area contributed by atoms with Crippen LogP contribution in [0.4, 0.5) is 10.5 Å². The first kappa shape index (κ1) is 23.3. The Kier molecular flexibility index (Phi) is 6.25. The van der Waals surface area contributed by atoms with Crippen molar-refractivity contribution in [3.05, 3.63) is 83.6 Å². The standard InChI is InChI=1S/C28H28N6O2/c1-4-34-16-24(26(32-34)19-8-10-21(11-9-19)30-28(36)33(2)3)22-12-13-29-27-23(22)15-25(31-27)20-7-5-6-18(14-20)17-35/h5-17,23,27,31H,4H2,1-3H3,(H,30,36). The molecule has 8 nitrogen and oxygen atoms in total. The molecule has 1 aromatic heterocycles. The van der Waals surface area contributed by atoms with Crippen molar-refractivity contribution in [3.8, 4) is 11.3 Å². The van der Waals surface area contributed by atoms with Crippen molar-refractivity contribution in [1.29, 1.82) is 0 Å². The van der Waals surface area contributed by atoms with Crippen molar-refractivity contribution in [2.45, 2.75) is 19.6 Å². The molecule has 2 aromatic carbocycles. The van der Waals surface area contributed by atoms with E-state index in [9.17, 15) is 9.59 Å². The van der Waals surface area contributed by atoms with Gasteiger partial charge >= 0.3 is 6.03 Å². The number of benzene rings is 2. The Labute approximate surface area is 210 Å². The van der Waals surface area contributed by atoms with Gasteiger partial charge in [-0.1, -0.05) is 30.3 Å². The lowest BCUT2D eigenvalue weighted by Crippen LogP contribution is -2.28. The summed E-state index contributed by atoms with van der Waals surface area (Å²) in [5.41, 5.74) is 7.31. The van der Waals surface area contributed by atoms with Crippen molar-refractivity contribution in [3.63, 3.8) is 0 Å². The van der Waals surface area contributed by atoms with Crippen LogP contribution < -0.4 is 10.6 Å². The smallest absolute Gasteiger partial charge is 0.321 e. The van der Waals surface area contributed by atoms with E-state index in [-0.39, 0.29) is 18.1 Å². The molecule has 0 fully saturated rings. The number of amides is 2. The van der Waals surface area contributed by atoms with Crippen LogP contribution >= 0.6 is 0 Å². The van der Waals surface area contributed by atoms with Crippen LogP contribution in [0.1, 0.15) is 28.4 Å². The summed E-state index contributed by atoms with van der Waals surface area (Å²) in [6, 6.07) is 15.1. The molecule has 5 rings (SSSR count). The maximum Gasteiger partial charge on any atom is 0.321 e. The lowest BCUT2D eigenvalue weighted by atomic mass is 9.88. The molecule has 2 aliphatic heterocycles. The average molecular weight is 481 g/mol. The minimum absolute atomic E-state index is 0.0248. The Morgan fingerprint density at radius 2 is 1.97 bits per heavy atom. The normalized spacial score (nSPS) is 18.1. The summed E-state index contributed by atoms with van der Waals surface area (Å²) in [5.74, 6) is 0.0248. The number of anilines is 1. The first-order chi connectivity index (χ1) is 17.5. The number of urea groups is 1. The number of aromatic nitrogens is 2. The highest BCUT2D eigenvalue weighted by atomic mass is 16.2. The molecule has 2 unspecified atom stereocenters. The third-order valence-electron chi connectivity index (χ3n) is 6.40. The van der Waals surface area contributed by atoms with E-state index in [1.165, 1.54) is 4.90 Å². The summed E-state index contributed by atoms with van der Waals surface area (Å²) in [4.78, 5) is 29.4. The van der Waals surface area contributed by atoms with Crippen LogP contribution in [-0.4, -0.2) is 53.5 Å². The van der Waals surface area contributed by atoms with Crippen LogP contribution in [0.25, 0.3) is 22.5 Å². The van der Waals surface area contributed by atoms with Crippen LogP contribution in [0.3, 0.4) is 0 Å². The third-order valence-corrected chi connectivity index (χ3v) is 6.40. The quantitative estimate of drug-likeness (QED) is 0.507. The number of nitrogens with zero attached hydrogens (tertiary/aromatic N) is 4. The van der Waals surface area contributed by atoms with Gasteiger partial charge in [-0.25, -0.2) is 4.79 Å². The minimum atomic E-state index is -0.175. The second kappa shape index (κ2) is 9.65. The fraction of sp³-hybridized carbons (Fsp3) is 0.214. The van der Waals surface area contributed by atoms with E-state index in [0.717, 1.165) is 52.2 Å². The Balaban J connectivity index is 1.48. The van der Waals surface area contributed by atoms with E-state index in [1.807, 2.05) is 53.4 Å². The number of allylic oxidation sites excluding steroid dienone is 1. The van der Waals surface area contributed by atoms with Crippen molar-refractivity contribution < 1.29 is 9.59 Å². The second-order valence-corrected chi connectivity index (χ2v) is 9.01. The molecular formula is C28H28N6O2. The van der Waals surface area contributed by atoms with Gasteiger partial charge < -0.3 is 15.5 Å². The molecule has 0 saturated carbocycles. The van der Waals surface area contributed by atoms with Gasteiger partial charge in [-0.05, 0) is 48.4 Å². The van der Waals surface area contributed by atoms with E-state index in [4.69, 9.17) is 5.10 Å². The molecule has 0 bridgehead atoms. The average Bonchev–Trinajstić information content (AvgIpc) is 3.54. The molecule has 0 radical (unpaired) electrons. The fourth-order valence-corrected chi connectivity index (χ4v) is 4.47. The largest absolute Gasteiger partial charge is 0.363 e. The first-order valence-electron chi connectivity index (χ1n) is 11.9. The lowest BCUT2D eigenvalue weighted by Gasteiger charge is -2.22. The third kappa shape index (κ3) is 4.45. The Morgan fingerprint density at radius 1 is 1.17 bits per heavy atom. The highest BCUT2D eigenvalue weighted by Crippen LogP contribution is 2.40. The predicted octanol–water partition coefficient (Wildman–Crippen LogP) is 4.53. The first-order valence-corrected chi connectivity index (χ1v) is 11.9. The van der Waals surface area contributed by atoms with Crippen molar-refractivity contribution in [2.75, 3.05) is 19.4 Å². The summed E-state index contributed by atoms with van der Waals surface area (Å²) >= 11 is 0. The van der Waals surface area contributed by atoms with Crippen molar-refractivity contribution in [1.82, 2.24) is 20.0 Å². The van der Waals surface area contributed by atoms with Crippen molar-refractivity contribution >= 4 is 35.5 Å². The molecule has 0 aliphatic carbocycles. The molecule has 182 valence electrons. The summed E-state index contributed by atoms with van der Waals surface area (Å²) in [6.45, 7) is 2.81. The zero-order chi connectivity index (χ0) is 25.2. The highest BCUT2D eigenvalue weighted by Gasteiger charge is 2.33. The van der Waals surface area contributed by atoms with E-state index >= 15 is 0 Å². The number of nitrogens with one attached hydrogen (secondary N) is 2. The van der Waals surface area contributed by atoms with Gasteiger partial charge in [0.25, 0.3) is 0 Å². The highest BCUT2D eigenvalue weighted by molar-refractivity contribution is 5.94. The summed E-state index contributed by atoms with van der Waals surface area (Å²) in [5, 5.41) is 11.2. The van der Waals surface area contributed by atoms with E-state index in [1.54, 1.807) is 20.2 Å². The topological polar surface area (TPSA) is 91.6 Å². The van der Waals surface area contributed by atoms with Crippen LogP contribution in [0.5, 0.6) is 0 Å². The molecule has 36 heavy (non-hydrogen) atoms. The zero-order valence-electron chi connectivity index (χ0n) is 20.5. The van der Waals surface area contributed by atoms with E-state index < -0.39 is 0 Å². The van der Waals surface area contributed by atoms with E-state index in [2.05, 4.69) is 40.9 Å². The molecule has 0 saturated heterocycles. The predicted molar refractivity (Wildman–Crippen MR) is 143 cm³/mol. The number of aldehydes is 1. The van der Waals surface area contributed by atoms with Crippen LogP contribution in [0, 0.1) is 5.92 Å². The summed E-state index contributed by atoms with van der Waals surface area (Å²) < 4.78 is 1.94. The number of hydrogen-bond acceptors (Lipinski definition) is 5. The number of carbonyl (C=O) groups excluding carboxylic acids is 2. The molecule has 3 heterocycles. The maximum absolute atomic E-state index is 12.0. The SMILES string of the molecule is CCn1cc(C2=CC=NC3NC(c4cccc(C=O)c4)=CC23)c(-c2ccc(NC(=O)N(C)C)cc2)n1. The number of aryl methyl sites for hydroxylation is 1. The van der Waals surface area contributed by atoms with Crippen LogP contribution in [0.2, 0.25) is 0 Å². The number of fused-ring (bicyclic) bond motifs is 1. The van der Waals surface area contributed by atoms with Gasteiger partial charge in [0.1, 0.15) is 12.5 Å². The molecule has 3 aromatic rings. The summed E-state index contributed by atoms with van der Waals surface area (Å²) in [6.07, 6.45) is 8.90. The Morgan fingerprint density at radius 3 is 2.69 bits per heavy atom. The molecule has 2 aliphatic rings. The zero-order valence-corrected chi connectivity index (χ0v) is 20.5. The van der Waals surface area contributed by atoms with Gasteiger partial charge in [-0.2, -0.15) is 5.10 Å². The fourth-order valence-electron chi connectivity index (χ4n) is 4.47. The second-order valence-electron chi connectivity index (χ2n) is 9.01. The minimum Gasteiger partial charge on any atom is -0.363 e. The number of aliphatic imine (C=N–C) groups is 1. The van der Waals surface area contributed by atoms with Gasteiger partial charge in [-0.15, -0.1) is 0 Å². The molecule has 2 amide bonds. The number of carbonyl (C=O) groups is 2. The monoisotopic (exact) mass is 480 g/mol. The number of rotatable bonds is 6. The summed E-state index contributed by atoms with van der Waals surface area (Å²) in [7, 11) is 3.41. The lowest BCUT2D eigenvalue weighted by molar-refractivity contribution is 0.112. The molecule has 0 spiro atoms. The number of dihydropyridines is 1. The van der Waals surface area contributed by atoms with Crippen molar-refractivity contribution in [2.24, 2.45) is 10.9 Å². The van der Waals surface area contributed by atoms with Gasteiger partial charge in [0.15, 0.2) is 0 Å². The Hall–Kier alpha value is -4.46. The molecule has 2 N–H and O–H groups in total. The Bertz CT molecular complexity index is 1400. The molecule has 8 heteroatoms. The van der Waals surface area contributed by atoms with Crippen LogP contribution in [0.15, 0.2) is 71.9 Å². The van der Waals surface area contributed by atoms with E-state index in [0.29, 0.717) is 5.56 Å². The van der Waals surface area contributed by atoms with Gasteiger partial charge in [0.2, 0.25) is 0 Å². The maximum atomic E-state index is 12.0. The van der Waals surface area contributed by atoms with Gasteiger partial charge in [0, 0.05) is 67.0 Å².